The summed E-state index contributed by atoms with van der Waals surface area (Å²) in [6.45, 7) is 4.72. The Morgan fingerprint density at radius 1 is 1.28 bits per heavy atom. The molecule has 1 amide bonds. The minimum atomic E-state index is -0.362. The van der Waals surface area contributed by atoms with Gasteiger partial charge in [-0.25, -0.2) is 0 Å². The van der Waals surface area contributed by atoms with E-state index in [0.717, 1.165) is 34.5 Å². The van der Waals surface area contributed by atoms with E-state index in [1.165, 1.54) is 7.11 Å². The predicted molar refractivity (Wildman–Crippen MR) is 124 cm³/mol. The highest BCUT2D eigenvalue weighted by Crippen LogP contribution is 2.30. The highest BCUT2D eigenvalue weighted by Gasteiger charge is 2.19. The molecule has 1 aliphatic heterocycles. The molecule has 0 aliphatic carbocycles. The zero-order chi connectivity index (χ0) is 21.0. The molecule has 1 aliphatic rings. The average Bonchev–Trinajstić information content (AvgIpc) is 2.68. The summed E-state index contributed by atoms with van der Waals surface area (Å²) in [6.07, 6.45) is 0. The number of amides is 1. The van der Waals surface area contributed by atoms with Crippen molar-refractivity contribution in [3.8, 4) is 5.75 Å². The fourth-order valence-electron chi connectivity index (χ4n) is 3.18. The largest absolute Gasteiger partial charge is 0.496 e. The Morgan fingerprint density at radius 3 is 2.69 bits per heavy atom. The summed E-state index contributed by atoms with van der Waals surface area (Å²) in [6, 6.07) is 9.12. The average molecular weight is 499 g/mol. The van der Waals surface area contributed by atoms with Crippen molar-refractivity contribution < 1.29 is 14.3 Å². The van der Waals surface area contributed by atoms with Gasteiger partial charge in [0.15, 0.2) is 5.11 Å². The number of rotatable bonds is 4. The molecule has 0 radical (unpaired) electrons. The first-order valence-corrected chi connectivity index (χ1v) is 10.6. The van der Waals surface area contributed by atoms with E-state index >= 15 is 0 Å². The van der Waals surface area contributed by atoms with Crippen LogP contribution >= 0.6 is 39.7 Å². The Morgan fingerprint density at radius 2 is 2.00 bits per heavy atom. The van der Waals surface area contributed by atoms with Crippen molar-refractivity contribution in [2.75, 3.05) is 43.6 Å². The molecule has 1 fully saturated rings. The lowest BCUT2D eigenvalue weighted by atomic mass is 10.1. The molecule has 1 heterocycles. The van der Waals surface area contributed by atoms with Gasteiger partial charge in [-0.2, -0.15) is 0 Å². The van der Waals surface area contributed by atoms with Crippen LogP contribution in [0.1, 0.15) is 15.9 Å². The van der Waals surface area contributed by atoms with Crippen LogP contribution in [0.15, 0.2) is 34.8 Å². The van der Waals surface area contributed by atoms with Gasteiger partial charge in [0.05, 0.1) is 37.3 Å². The van der Waals surface area contributed by atoms with Crippen LogP contribution in [0.25, 0.3) is 0 Å². The number of thiocarbonyl (C=S) groups is 1. The molecule has 0 spiro atoms. The molecular weight excluding hydrogens is 478 g/mol. The number of carbonyl (C=O) groups is 1. The number of methoxy groups -OCH3 is 1. The van der Waals surface area contributed by atoms with Gasteiger partial charge in [0.25, 0.3) is 5.91 Å². The molecule has 29 heavy (non-hydrogen) atoms. The summed E-state index contributed by atoms with van der Waals surface area (Å²) in [5.74, 6) is 0.143. The first-order valence-electron chi connectivity index (χ1n) is 8.97. The smallest absolute Gasteiger partial charge is 0.261 e. The molecule has 0 unspecified atom stereocenters. The summed E-state index contributed by atoms with van der Waals surface area (Å²) in [5, 5.41) is 6.56. The van der Waals surface area contributed by atoms with Crippen molar-refractivity contribution >= 4 is 62.1 Å². The fourth-order valence-corrected chi connectivity index (χ4v) is 4.13. The Labute approximate surface area is 188 Å². The number of anilines is 2. The molecule has 2 aromatic rings. The minimum absolute atomic E-state index is 0.173. The van der Waals surface area contributed by atoms with Gasteiger partial charge in [0.1, 0.15) is 5.75 Å². The zero-order valence-corrected chi connectivity index (χ0v) is 19.2. The van der Waals surface area contributed by atoms with Gasteiger partial charge in [-0.05, 0) is 55.0 Å². The monoisotopic (exact) mass is 497 g/mol. The van der Waals surface area contributed by atoms with Gasteiger partial charge in [-0.1, -0.05) is 27.5 Å². The number of ether oxygens (including phenoxy) is 2. The van der Waals surface area contributed by atoms with Gasteiger partial charge in [0, 0.05) is 22.6 Å². The van der Waals surface area contributed by atoms with Crippen LogP contribution in [0.5, 0.6) is 5.75 Å². The van der Waals surface area contributed by atoms with E-state index < -0.39 is 0 Å². The molecule has 0 bridgehead atoms. The van der Waals surface area contributed by atoms with Gasteiger partial charge in [0.2, 0.25) is 0 Å². The molecule has 0 atom stereocenters. The summed E-state index contributed by atoms with van der Waals surface area (Å²) in [7, 11) is 1.53. The van der Waals surface area contributed by atoms with E-state index in [1.54, 1.807) is 12.1 Å². The van der Waals surface area contributed by atoms with E-state index in [0.29, 0.717) is 29.5 Å². The predicted octanol–water partition coefficient (Wildman–Crippen LogP) is 4.38. The van der Waals surface area contributed by atoms with Crippen molar-refractivity contribution in [2.24, 2.45) is 0 Å². The standard InChI is InChI=1S/C20H21BrClN3O3S/c1-12-9-13(21)10-15(18(12)27-2)19(26)24-20(29)23-16-11-14(22)3-4-17(16)25-5-7-28-8-6-25/h3-4,9-11H,5-8H2,1-2H3,(H2,23,24,26,29). The summed E-state index contributed by atoms with van der Waals surface area (Å²) >= 11 is 15.0. The molecule has 154 valence electrons. The number of aryl methyl sites for hydroxylation is 1. The van der Waals surface area contributed by atoms with Crippen LogP contribution in [0.2, 0.25) is 5.02 Å². The number of nitrogens with one attached hydrogen (secondary N) is 2. The highest BCUT2D eigenvalue weighted by atomic mass is 79.9. The summed E-state index contributed by atoms with van der Waals surface area (Å²) < 4.78 is 11.6. The summed E-state index contributed by atoms with van der Waals surface area (Å²) in [5.41, 5.74) is 2.91. The van der Waals surface area contributed by atoms with Gasteiger partial charge in [-0.15, -0.1) is 0 Å². The van der Waals surface area contributed by atoms with Gasteiger partial charge >= 0.3 is 0 Å². The summed E-state index contributed by atoms with van der Waals surface area (Å²) in [4.78, 5) is 15.0. The minimum Gasteiger partial charge on any atom is -0.496 e. The number of carbonyl (C=O) groups excluding carboxylic acids is 1. The van der Waals surface area contributed by atoms with E-state index in [2.05, 4.69) is 31.5 Å². The molecule has 0 aromatic heterocycles. The maximum absolute atomic E-state index is 12.8. The topological polar surface area (TPSA) is 62.8 Å². The molecule has 0 saturated carbocycles. The molecule has 1 saturated heterocycles. The van der Waals surface area contributed by atoms with E-state index in [-0.39, 0.29) is 11.0 Å². The van der Waals surface area contributed by atoms with Crippen molar-refractivity contribution in [3.05, 3.63) is 51.0 Å². The Kier molecular flexibility index (Phi) is 7.34. The second-order valence-electron chi connectivity index (χ2n) is 6.47. The second-order valence-corrected chi connectivity index (χ2v) is 8.23. The third kappa shape index (κ3) is 5.39. The molecular formula is C20H21BrClN3O3S. The van der Waals surface area contributed by atoms with Crippen LogP contribution in [-0.4, -0.2) is 44.4 Å². The number of nitrogens with zero attached hydrogens (tertiary/aromatic N) is 1. The lowest BCUT2D eigenvalue weighted by Gasteiger charge is -2.30. The van der Waals surface area contributed by atoms with Gasteiger partial charge in [-0.3, -0.25) is 10.1 Å². The number of morpholine rings is 1. The Balaban J connectivity index is 1.78. The number of hydrogen-bond acceptors (Lipinski definition) is 5. The quantitative estimate of drug-likeness (QED) is 0.610. The number of halogens is 2. The fraction of sp³-hybridized carbons (Fsp3) is 0.300. The molecule has 3 rings (SSSR count). The van der Waals surface area contributed by atoms with Crippen LogP contribution in [0.3, 0.4) is 0 Å². The normalized spacial score (nSPS) is 13.7. The van der Waals surface area contributed by atoms with Crippen LogP contribution in [0, 0.1) is 6.92 Å². The highest BCUT2D eigenvalue weighted by molar-refractivity contribution is 9.10. The maximum atomic E-state index is 12.8. The third-order valence-electron chi connectivity index (χ3n) is 4.47. The van der Waals surface area contributed by atoms with E-state index in [4.69, 9.17) is 33.3 Å². The molecule has 2 aromatic carbocycles. The van der Waals surface area contributed by atoms with Crippen LogP contribution in [-0.2, 0) is 4.74 Å². The van der Waals surface area contributed by atoms with Crippen molar-refractivity contribution in [1.82, 2.24) is 5.32 Å². The maximum Gasteiger partial charge on any atom is 0.261 e. The lowest BCUT2D eigenvalue weighted by molar-refractivity contribution is 0.0974. The molecule has 9 heteroatoms. The van der Waals surface area contributed by atoms with Crippen molar-refractivity contribution in [3.63, 3.8) is 0 Å². The van der Waals surface area contributed by atoms with Gasteiger partial charge < -0.3 is 19.7 Å². The SMILES string of the molecule is COc1c(C)cc(Br)cc1C(=O)NC(=S)Nc1cc(Cl)ccc1N1CCOCC1. The first-order chi connectivity index (χ1) is 13.9. The third-order valence-corrected chi connectivity index (χ3v) is 5.37. The molecule has 2 N–H and O–H groups in total. The van der Waals surface area contributed by atoms with Crippen LogP contribution < -0.4 is 20.3 Å². The van der Waals surface area contributed by atoms with E-state index in [1.807, 2.05) is 25.1 Å². The lowest BCUT2D eigenvalue weighted by Crippen LogP contribution is -2.38. The Bertz CT molecular complexity index is 935. The molecule has 6 nitrogen and oxygen atoms in total. The van der Waals surface area contributed by atoms with Crippen molar-refractivity contribution in [2.45, 2.75) is 6.92 Å². The van der Waals surface area contributed by atoms with Crippen molar-refractivity contribution in [1.29, 1.82) is 0 Å². The first kappa shape index (κ1) is 21.8. The van der Waals surface area contributed by atoms with Crippen LogP contribution in [0.4, 0.5) is 11.4 Å². The van der Waals surface area contributed by atoms with E-state index in [9.17, 15) is 4.79 Å². The second kappa shape index (κ2) is 9.75. The number of hydrogen-bond donors (Lipinski definition) is 2. The zero-order valence-electron chi connectivity index (χ0n) is 16.1. The number of benzene rings is 2. The Hall–Kier alpha value is -1.87.